The fourth-order valence-electron chi connectivity index (χ4n) is 1.60. The van der Waals surface area contributed by atoms with Crippen molar-refractivity contribution in [3.8, 4) is 0 Å². The van der Waals surface area contributed by atoms with Gasteiger partial charge in [0.2, 0.25) is 0 Å². The maximum atomic E-state index is 12.6. The highest BCUT2D eigenvalue weighted by molar-refractivity contribution is 5.18. The van der Waals surface area contributed by atoms with Gasteiger partial charge in [0.05, 0.1) is 0 Å². The number of allylic oxidation sites excluding steroid dienone is 2. The van der Waals surface area contributed by atoms with Crippen molar-refractivity contribution in [1.29, 1.82) is 0 Å². The van der Waals surface area contributed by atoms with Crippen molar-refractivity contribution in [3.63, 3.8) is 0 Å². The van der Waals surface area contributed by atoms with Gasteiger partial charge in [0.15, 0.2) is 0 Å². The maximum absolute atomic E-state index is 12.6. The molecule has 0 unspecified atom stereocenters. The normalized spacial score (nSPS) is 15.0. The zero-order chi connectivity index (χ0) is 10.5. The van der Waals surface area contributed by atoms with Gasteiger partial charge in [0.1, 0.15) is 5.82 Å². The minimum absolute atomic E-state index is 0.180. The predicted octanol–water partition coefficient (Wildman–Crippen LogP) is 2.66. The zero-order valence-corrected chi connectivity index (χ0v) is 8.49. The van der Waals surface area contributed by atoms with Crippen LogP contribution in [-0.4, -0.2) is 6.54 Å². The van der Waals surface area contributed by atoms with E-state index in [0.717, 1.165) is 18.7 Å². The predicted molar refractivity (Wildman–Crippen MR) is 59.9 cm³/mol. The average molecular weight is 203 g/mol. The van der Waals surface area contributed by atoms with Crippen molar-refractivity contribution in [2.45, 2.75) is 6.54 Å². The van der Waals surface area contributed by atoms with Gasteiger partial charge in [-0.05, 0) is 17.7 Å². The van der Waals surface area contributed by atoms with E-state index in [9.17, 15) is 4.39 Å². The molecule has 2 heteroatoms. The fraction of sp³-hybridized carbons (Fsp3) is 0.231. The first kappa shape index (κ1) is 10.1. The van der Waals surface area contributed by atoms with Crippen molar-refractivity contribution >= 4 is 0 Å². The Bertz CT molecular complexity index is 353. The second-order valence-corrected chi connectivity index (χ2v) is 3.69. The Morgan fingerprint density at radius 2 is 1.73 bits per heavy atom. The van der Waals surface area contributed by atoms with E-state index in [-0.39, 0.29) is 5.82 Å². The van der Waals surface area contributed by atoms with Gasteiger partial charge in [-0.2, -0.15) is 0 Å². The Hall–Kier alpha value is -1.41. The summed E-state index contributed by atoms with van der Waals surface area (Å²) in [5.41, 5.74) is 1.11. The number of hydrogen-bond acceptors (Lipinski definition) is 1. The molecule has 0 heterocycles. The lowest BCUT2D eigenvalue weighted by Gasteiger charge is -2.07. The van der Waals surface area contributed by atoms with Gasteiger partial charge in [0.25, 0.3) is 0 Å². The van der Waals surface area contributed by atoms with Crippen LogP contribution >= 0.6 is 0 Å². The lowest BCUT2D eigenvalue weighted by atomic mass is 10.1. The summed E-state index contributed by atoms with van der Waals surface area (Å²) in [5, 5.41) is 3.34. The first-order chi connectivity index (χ1) is 7.34. The second kappa shape index (κ2) is 4.89. The van der Waals surface area contributed by atoms with Crippen molar-refractivity contribution in [1.82, 2.24) is 5.32 Å². The van der Waals surface area contributed by atoms with Crippen LogP contribution in [0.1, 0.15) is 5.56 Å². The molecule has 0 aromatic heterocycles. The smallest absolute Gasteiger partial charge is 0.123 e. The quantitative estimate of drug-likeness (QED) is 0.793. The SMILES string of the molecule is Fc1ccc(CNCC2C=CC=C2)cc1. The first-order valence-corrected chi connectivity index (χ1v) is 5.15. The molecule has 0 fully saturated rings. The molecule has 1 N–H and O–H groups in total. The largest absolute Gasteiger partial charge is 0.312 e. The van der Waals surface area contributed by atoms with Gasteiger partial charge < -0.3 is 5.32 Å². The first-order valence-electron chi connectivity index (χ1n) is 5.15. The molecule has 1 aliphatic rings. The van der Waals surface area contributed by atoms with Crippen LogP contribution in [0.5, 0.6) is 0 Å². The van der Waals surface area contributed by atoms with Crippen LogP contribution in [0.25, 0.3) is 0 Å². The Labute approximate surface area is 89.3 Å². The Morgan fingerprint density at radius 1 is 1.07 bits per heavy atom. The Kier molecular flexibility index (Phi) is 3.30. The van der Waals surface area contributed by atoms with Crippen molar-refractivity contribution in [3.05, 3.63) is 60.0 Å². The summed E-state index contributed by atoms with van der Waals surface area (Å²) < 4.78 is 12.6. The van der Waals surface area contributed by atoms with Gasteiger partial charge in [-0.3, -0.25) is 0 Å². The molecule has 0 atom stereocenters. The van der Waals surface area contributed by atoms with Crippen LogP contribution in [0.3, 0.4) is 0 Å². The van der Waals surface area contributed by atoms with E-state index in [1.165, 1.54) is 12.1 Å². The number of hydrogen-bond donors (Lipinski definition) is 1. The molecule has 2 rings (SSSR count). The maximum Gasteiger partial charge on any atom is 0.123 e. The second-order valence-electron chi connectivity index (χ2n) is 3.69. The van der Waals surface area contributed by atoms with Crippen molar-refractivity contribution < 1.29 is 4.39 Å². The molecular formula is C13H14FN. The highest BCUT2D eigenvalue weighted by Crippen LogP contribution is 2.07. The van der Waals surface area contributed by atoms with Crippen LogP contribution < -0.4 is 5.32 Å². The molecule has 1 aromatic carbocycles. The van der Waals surface area contributed by atoms with E-state index in [0.29, 0.717) is 5.92 Å². The summed E-state index contributed by atoms with van der Waals surface area (Å²) in [7, 11) is 0. The molecule has 0 aliphatic heterocycles. The Balaban J connectivity index is 1.76. The minimum Gasteiger partial charge on any atom is -0.312 e. The van der Waals surface area contributed by atoms with Gasteiger partial charge >= 0.3 is 0 Å². The molecule has 0 spiro atoms. The van der Waals surface area contributed by atoms with E-state index >= 15 is 0 Å². The number of halogens is 1. The Morgan fingerprint density at radius 3 is 2.40 bits per heavy atom. The van der Waals surface area contributed by atoms with E-state index in [2.05, 4.69) is 29.6 Å². The molecule has 1 nitrogen and oxygen atoms in total. The summed E-state index contributed by atoms with van der Waals surface area (Å²) in [6, 6.07) is 6.60. The number of nitrogens with one attached hydrogen (secondary N) is 1. The van der Waals surface area contributed by atoms with Crippen molar-refractivity contribution in [2.75, 3.05) is 6.54 Å². The number of benzene rings is 1. The van der Waals surface area contributed by atoms with Crippen LogP contribution in [-0.2, 0) is 6.54 Å². The minimum atomic E-state index is -0.180. The monoisotopic (exact) mass is 203 g/mol. The summed E-state index contributed by atoms with van der Waals surface area (Å²) in [6.07, 6.45) is 8.45. The zero-order valence-electron chi connectivity index (χ0n) is 8.49. The van der Waals surface area contributed by atoms with Crippen LogP contribution in [0, 0.1) is 11.7 Å². The molecule has 0 saturated carbocycles. The lowest BCUT2D eigenvalue weighted by molar-refractivity contribution is 0.618. The molecule has 0 bridgehead atoms. The molecule has 15 heavy (non-hydrogen) atoms. The average Bonchev–Trinajstić information content (AvgIpc) is 2.74. The summed E-state index contributed by atoms with van der Waals surface area (Å²) in [5.74, 6) is 0.325. The van der Waals surface area contributed by atoms with Crippen LogP contribution in [0.4, 0.5) is 4.39 Å². The topological polar surface area (TPSA) is 12.0 Å². The standard InChI is InChI=1S/C13H14FN/c14-13-7-5-12(6-8-13)10-15-9-11-3-1-2-4-11/h1-8,11,15H,9-10H2. The van der Waals surface area contributed by atoms with E-state index in [1.807, 2.05) is 12.1 Å². The summed E-state index contributed by atoms with van der Waals surface area (Å²) in [4.78, 5) is 0. The van der Waals surface area contributed by atoms with Gasteiger partial charge in [-0.25, -0.2) is 4.39 Å². The molecule has 0 radical (unpaired) electrons. The van der Waals surface area contributed by atoms with Gasteiger partial charge in [-0.15, -0.1) is 0 Å². The highest BCUT2D eigenvalue weighted by atomic mass is 19.1. The molecule has 0 saturated heterocycles. The van der Waals surface area contributed by atoms with E-state index in [4.69, 9.17) is 0 Å². The van der Waals surface area contributed by atoms with Gasteiger partial charge in [0, 0.05) is 19.0 Å². The van der Waals surface area contributed by atoms with E-state index < -0.39 is 0 Å². The third kappa shape index (κ3) is 3.03. The molecular weight excluding hydrogens is 189 g/mol. The van der Waals surface area contributed by atoms with Crippen LogP contribution in [0.15, 0.2) is 48.6 Å². The highest BCUT2D eigenvalue weighted by Gasteiger charge is 2.02. The molecule has 78 valence electrons. The molecule has 0 amide bonds. The third-order valence-corrected chi connectivity index (χ3v) is 2.45. The van der Waals surface area contributed by atoms with E-state index in [1.54, 1.807) is 0 Å². The van der Waals surface area contributed by atoms with Gasteiger partial charge in [-0.1, -0.05) is 36.4 Å². The lowest BCUT2D eigenvalue weighted by Crippen LogP contribution is -2.19. The molecule has 1 aromatic rings. The third-order valence-electron chi connectivity index (χ3n) is 2.45. The summed E-state index contributed by atoms with van der Waals surface area (Å²) >= 11 is 0. The number of rotatable bonds is 4. The fourth-order valence-corrected chi connectivity index (χ4v) is 1.60. The van der Waals surface area contributed by atoms with Crippen molar-refractivity contribution in [2.24, 2.45) is 5.92 Å². The van der Waals surface area contributed by atoms with Crippen LogP contribution in [0.2, 0.25) is 0 Å². The molecule has 1 aliphatic carbocycles. The summed E-state index contributed by atoms with van der Waals surface area (Å²) in [6.45, 7) is 1.73.